The third kappa shape index (κ3) is 3.62. The molecule has 0 aliphatic carbocycles. The normalized spacial score (nSPS) is 10.4. The van der Waals surface area contributed by atoms with Crippen molar-refractivity contribution in [2.45, 2.75) is 26.8 Å². The van der Waals surface area contributed by atoms with Crippen LogP contribution >= 0.6 is 0 Å². The maximum Gasteiger partial charge on any atom is 0.222 e. The molecule has 0 N–H and O–H groups in total. The van der Waals surface area contributed by atoms with Crippen LogP contribution in [-0.4, -0.2) is 29.6 Å². The lowest BCUT2D eigenvalue weighted by atomic mass is 10.1. The number of nitrogens with zero attached hydrogens (tertiary/aromatic N) is 2. The molecule has 0 spiro atoms. The van der Waals surface area contributed by atoms with Crippen LogP contribution in [0.3, 0.4) is 0 Å². The summed E-state index contributed by atoms with van der Waals surface area (Å²) < 4.78 is 10.5. The van der Waals surface area contributed by atoms with Crippen LogP contribution < -0.4 is 4.74 Å². The molecular formula is C16H20N2O3. The Bertz CT molecular complexity index is 590. The lowest BCUT2D eigenvalue weighted by molar-refractivity contribution is -0.131. The van der Waals surface area contributed by atoms with Crippen molar-refractivity contribution < 1.29 is 14.1 Å². The lowest BCUT2D eigenvalue weighted by Crippen LogP contribution is -2.29. The van der Waals surface area contributed by atoms with Gasteiger partial charge in [-0.05, 0) is 31.2 Å². The van der Waals surface area contributed by atoms with Crippen LogP contribution in [0.4, 0.5) is 0 Å². The largest absolute Gasteiger partial charge is 0.497 e. The van der Waals surface area contributed by atoms with E-state index in [-0.39, 0.29) is 5.91 Å². The third-order valence-corrected chi connectivity index (χ3v) is 3.32. The maximum atomic E-state index is 11.7. The molecule has 0 atom stereocenters. The minimum atomic E-state index is 0.117. The summed E-state index contributed by atoms with van der Waals surface area (Å²) in [5, 5.41) is 4.04. The van der Waals surface area contributed by atoms with Crippen molar-refractivity contribution in [2.75, 3.05) is 13.7 Å². The predicted octanol–water partition coefficient (Wildman–Crippen LogP) is 3.11. The van der Waals surface area contributed by atoms with Gasteiger partial charge in [-0.15, -0.1) is 0 Å². The molecule has 1 aromatic heterocycles. The second kappa shape index (κ2) is 6.92. The Labute approximate surface area is 124 Å². The molecule has 0 fully saturated rings. The Balaban J connectivity index is 2.11. The number of carbonyl (C=O) groups is 1. The number of aromatic nitrogens is 1. The van der Waals surface area contributed by atoms with Gasteiger partial charge in [0.2, 0.25) is 5.91 Å². The quantitative estimate of drug-likeness (QED) is 0.819. The number of carbonyl (C=O) groups excluding carboxylic acids is 1. The molecule has 1 aromatic carbocycles. The Morgan fingerprint density at radius 3 is 2.57 bits per heavy atom. The molecule has 0 unspecified atom stereocenters. The first kappa shape index (κ1) is 15.1. The molecule has 0 aliphatic rings. The molecule has 5 nitrogen and oxygen atoms in total. The Hall–Kier alpha value is -2.30. The van der Waals surface area contributed by atoms with Crippen molar-refractivity contribution in [3.8, 4) is 17.1 Å². The number of methoxy groups -OCH3 is 1. The molecule has 1 heterocycles. The highest BCUT2D eigenvalue weighted by Crippen LogP contribution is 2.23. The summed E-state index contributed by atoms with van der Waals surface area (Å²) in [6, 6.07) is 9.44. The van der Waals surface area contributed by atoms with E-state index in [1.165, 1.54) is 0 Å². The number of hydrogen-bond acceptors (Lipinski definition) is 4. The van der Waals surface area contributed by atoms with Crippen LogP contribution in [-0.2, 0) is 11.3 Å². The van der Waals surface area contributed by atoms with Gasteiger partial charge in [0.05, 0.1) is 13.7 Å². The van der Waals surface area contributed by atoms with Crippen molar-refractivity contribution in [1.82, 2.24) is 10.1 Å². The monoisotopic (exact) mass is 288 g/mol. The van der Waals surface area contributed by atoms with E-state index in [0.29, 0.717) is 25.3 Å². The fraction of sp³-hybridized carbons (Fsp3) is 0.375. The van der Waals surface area contributed by atoms with Crippen LogP contribution in [0.15, 0.2) is 34.9 Å². The van der Waals surface area contributed by atoms with Crippen LogP contribution in [0, 0.1) is 0 Å². The molecule has 5 heteroatoms. The lowest BCUT2D eigenvalue weighted by Gasteiger charge is -2.18. The summed E-state index contributed by atoms with van der Waals surface area (Å²) in [4.78, 5) is 13.5. The zero-order valence-electron chi connectivity index (χ0n) is 12.6. The molecule has 0 aliphatic heterocycles. The van der Waals surface area contributed by atoms with Gasteiger partial charge in [0.15, 0.2) is 5.76 Å². The van der Waals surface area contributed by atoms with Gasteiger partial charge in [0, 0.05) is 24.6 Å². The van der Waals surface area contributed by atoms with E-state index in [0.717, 1.165) is 17.0 Å². The molecule has 0 bridgehead atoms. The van der Waals surface area contributed by atoms with Crippen LogP contribution in [0.1, 0.15) is 26.0 Å². The summed E-state index contributed by atoms with van der Waals surface area (Å²) in [5.41, 5.74) is 1.68. The van der Waals surface area contributed by atoms with Gasteiger partial charge < -0.3 is 14.2 Å². The van der Waals surface area contributed by atoms with E-state index in [2.05, 4.69) is 5.16 Å². The first-order chi connectivity index (χ1) is 10.2. The summed E-state index contributed by atoms with van der Waals surface area (Å²) in [5.74, 6) is 1.60. The number of amides is 1. The molecule has 0 saturated carbocycles. The van der Waals surface area contributed by atoms with E-state index in [1.807, 2.05) is 44.2 Å². The van der Waals surface area contributed by atoms with E-state index in [4.69, 9.17) is 9.26 Å². The second-order valence-corrected chi connectivity index (χ2v) is 4.67. The molecule has 112 valence electrons. The van der Waals surface area contributed by atoms with Crippen LogP contribution in [0.25, 0.3) is 11.3 Å². The van der Waals surface area contributed by atoms with Crippen molar-refractivity contribution in [3.05, 3.63) is 36.0 Å². The Morgan fingerprint density at radius 2 is 2.00 bits per heavy atom. The van der Waals surface area contributed by atoms with Gasteiger partial charge in [-0.1, -0.05) is 12.1 Å². The van der Waals surface area contributed by atoms with Crippen molar-refractivity contribution in [3.63, 3.8) is 0 Å². The number of hydrogen-bond donors (Lipinski definition) is 0. The summed E-state index contributed by atoms with van der Waals surface area (Å²) in [7, 11) is 1.63. The van der Waals surface area contributed by atoms with E-state index in [1.54, 1.807) is 12.0 Å². The molecule has 0 saturated heterocycles. The molecular weight excluding hydrogens is 268 g/mol. The van der Waals surface area contributed by atoms with Crippen molar-refractivity contribution in [2.24, 2.45) is 0 Å². The van der Waals surface area contributed by atoms with Crippen molar-refractivity contribution in [1.29, 1.82) is 0 Å². The van der Waals surface area contributed by atoms with Gasteiger partial charge in [-0.25, -0.2) is 0 Å². The van der Waals surface area contributed by atoms with Gasteiger partial charge in [0.1, 0.15) is 11.4 Å². The average molecular weight is 288 g/mol. The standard InChI is InChI=1S/C16H20N2O3/c1-4-16(19)18(5-2)11-13-10-15(21-17-13)12-6-8-14(20-3)9-7-12/h6-10H,4-5,11H2,1-3H3. The zero-order valence-corrected chi connectivity index (χ0v) is 12.6. The van der Waals surface area contributed by atoms with Crippen LogP contribution in [0.5, 0.6) is 5.75 Å². The first-order valence-electron chi connectivity index (χ1n) is 7.05. The average Bonchev–Trinajstić information content (AvgIpc) is 3.00. The highest BCUT2D eigenvalue weighted by Gasteiger charge is 2.13. The fourth-order valence-electron chi connectivity index (χ4n) is 2.07. The van der Waals surface area contributed by atoms with Crippen molar-refractivity contribution >= 4 is 5.91 Å². The van der Waals surface area contributed by atoms with E-state index < -0.39 is 0 Å². The number of rotatable bonds is 6. The molecule has 2 aromatic rings. The SMILES string of the molecule is CCC(=O)N(CC)Cc1cc(-c2ccc(OC)cc2)on1. The third-order valence-electron chi connectivity index (χ3n) is 3.32. The Morgan fingerprint density at radius 1 is 1.29 bits per heavy atom. The number of benzene rings is 1. The molecule has 21 heavy (non-hydrogen) atoms. The van der Waals surface area contributed by atoms with E-state index in [9.17, 15) is 4.79 Å². The van der Waals surface area contributed by atoms with Gasteiger partial charge in [0.25, 0.3) is 0 Å². The molecule has 0 radical (unpaired) electrons. The maximum absolute atomic E-state index is 11.7. The highest BCUT2D eigenvalue weighted by molar-refractivity contribution is 5.75. The minimum Gasteiger partial charge on any atom is -0.497 e. The fourth-order valence-corrected chi connectivity index (χ4v) is 2.07. The first-order valence-corrected chi connectivity index (χ1v) is 7.05. The summed E-state index contributed by atoms with van der Waals surface area (Å²) in [6.07, 6.45) is 0.497. The zero-order chi connectivity index (χ0) is 15.2. The Kier molecular flexibility index (Phi) is 4.98. The summed E-state index contributed by atoms with van der Waals surface area (Å²) in [6.45, 7) is 4.95. The highest BCUT2D eigenvalue weighted by atomic mass is 16.5. The van der Waals surface area contributed by atoms with Gasteiger partial charge in [-0.2, -0.15) is 0 Å². The topological polar surface area (TPSA) is 55.6 Å². The molecule has 1 amide bonds. The van der Waals surface area contributed by atoms with E-state index >= 15 is 0 Å². The smallest absolute Gasteiger partial charge is 0.222 e. The predicted molar refractivity (Wildman–Crippen MR) is 79.9 cm³/mol. The molecule has 2 rings (SSSR count). The van der Waals surface area contributed by atoms with Gasteiger partial charge >= 0.3 is 0 Å². The van der Waals surface area contributed by atoms with Gasteiger partial charge in [-0.3, -0.25) is 4.79 Å². The number of ether oxygens (including phenoxy) is 1. The minimum absolute atomic E-state index is 0.117. The second-order valence-electron chi connectivity index (χ2n) is 4.67. The van der Waals surface area contributed by atoms with Crippen LogP contribution in [0.2, 0.25) is 0 Å². The summed E-state index contributed by atoms with van der Waals surface area (Å²) >= 11 is 0.